The molecule has 232 valence electrons. The van der Waals surface area contributed by atoms with Crippen molar-refractivity contribution >= 4 is 29.2 Å². The minimum Gasteiger partial charge on any atom is -0.303 e. The van der Waals surface area contributed by atoms with Crippen LogP contribution in [0.1, 0.15) is 107 Å². The number of hydrogen-bond acceptors (Lipinski definition) is 6. The highest BCUT2D eigenvalue weighted by molar-refractivity contribution is 6.02. The minimum atomic E-state index is -0.337. The first-order valence-electron chi connectivity index (χ1n) is 16.6. The Labute approximate surface area is 253 Å². The molecule has 3 aliphatic carbocycles. The zero-order chi connectivity index (χ0) is 30.2. The van der Waals surface area contributed by atoms with E-state index in [2.05, 4.69) is 4.90 Å². The third kappa shape index (κ3) is 6.13. The van der Waals surface area contributed by atoms with Gasteiger partial charge in [0.25, 0.3) is 0 Å². The second-order valence-corrected chi connectivity index (χ2v) is 14.3. The fourth-order valence-corrected chi connectivity index (χ4v) is 9.78. The van der Waals surface area contributed by atoms with Gasteiger partial charge in [-0.2, -0.15) is 0 Å². The third-order valence-corrected chi connectivity index (χ3v) is 11.7. The third-order valence-electron chi connectivity index (χ3n) is 11.7. The van der Waals surface area contributed by atoms with Gasteiger partial charge in [0.15, 0.2) is 5.78 Å². The Morgan fingerprint density at radius 2 is 1.28 bits per heavy atom. The normalized spacial score (nSPS) is 28.0. The van der Waals surface area contributed by atoms with Crippen molar-refractivity contribution in [3.63, 3.8) is 0 Å². The fraction of sp³-hybridized carbons (Fsp3) is 0.686. The number of nitrogens with zero attached hydrogens (tertiary/aromatic N) is 2. The molecule has 2 aliphatic heterocycles. The molecule has 2 heterocycles. The number of imide groups is 1. The van der Waals surface area contributed by atoms with Gasteiger partial charge in [0.1, 0.15) is 17.4 Å². The van der Waals surface area contributed by atoms with Crippen molar-refractivity contribution in [1.82, 2.24) is 9.80 Å². The van der Waals surface area contributed by atoms with Gasteiger partial charge in [-0.15, -0.1) is 0 Å². The van der Waals surface area contributed by atoms with Crippen LogP contribution in [-0.2, 0) is 19.2 Å². The maximum Gasteiger partial charge on any atom is 0.229 e. The van der Waals surface area contributed by atoms with Crippen LogP contribution in [0.25, 0.3) is 0 Å². The van der Waals surface area contributed by atoms with Crippen molar-refractivity contribution in [2.45, 2.75) is 96.3 Å². The number of carbonyl (C=O) groups excluding carboxylic acids is 5. The summed E-state index contributed by atoms with van der Waals surface area (Å²) in [4.78, 5) is 68.5. The average molecular weight is 593 g/mol. The molecule has 2 amide bonds. The molecule has 2 saturated heterocycles. The number of ketones is 3. The van der Waals surface area contributed by atoms with Crippen LogP contribution < -0.4 is 0 Å². The molecule has 1 aromatic rings. The highest BCUT2D eigenvalue weighted by Crippen LogP contribution is 2.63. The summed E-state index contributed by atoms with van der Waals surface area (Å²) >= 11 is 0. The predicted octanol–water partition coefficient (Wildman–Crippen LogP) is 5.54. The van der Waals surface area contributed by atoms with Crippen molar-refractivity contribution < 1.29 is 28.4 Å². The van der Waals surface area contributed by atoms with Gasteiger partial charge in [-0.25, -0.2) is 4.39 Å². The molecule has 7 nitrogen and oxygen atoms in total. The Hall–Kier alpha value is -2.74. The molecule has 0 radical (unpaired) electrons. The zero-order valence-corrected chi connectivity index (χ0v) is 25.3. The van der Waals surface area contributed by atoms with E-state index in [1.54, 1.807) is 12.1 Å². The highest BCUT2D eigenvalue weighted by Gasteiger charge is 2.59. The Morgan fingerprint density at radius 3 is 1.86 bits per heavy atom. The molecule has 2 spiro atoms. The van der Waals surface area contributed by atoms with Gasteiger partial charge in [-0.3, -0.25) is 28.9 Å². The molecular weight excluding hydrogens is 547 g/mol. The Bertz CT molecular complexity index is 1230. The quantitative estimate of drug-likeness (QED) is 0.170. The first-order valence-corrected chi connectivity index (χ1v) is 16.6. The SMILES string of the molecule is O=C1CC(=O)CC2(CCCC2C2CCCC23CC(=O)N(CCCCN2CCC(C(=O)c4ccc(F)cc4)CC2)C(=O)C3)C1. The molecule has 3 saturated carbocycles. The van der Waals surface area contributed by atoms with Crippen molar-refractivity contribution in [3.05, 3.63) is 35.6 Å². The number of Topliss-reactive ketones (excluding diaryl/α,β-unsaturated/α-hetero) is 3. The first-order chi connectivity index (χ1) is 20.7. The summed E-state index contributed by atoms with van der Waals surface area (Å²) < 4.78 is 13.2. The molecule has 2 unspecified atom stereocenters. The Balaban J connectivity index is 0.979. The van der Waals surface area contributed by atoms with Crippen LogP contribution in [0.4, 0.5) is 4.39 Å². The summed E-state index contributed by atoms with van der Waals surface area (Å²) in [5.74, 6) is 0.253. The van der Waals surface area contributed by atoms with Crippen LogP contribution in [0.2, 0.25) is 0 Å². The van der Waals surface area contributed by atoms with Crippen LogP contribution in [-0.4, -0.2) is 65.1 Å². The maximum absolute atomic E-state index is 13.5. The van der Waals surface area contributed by atoms with Gasteiger partial charge < -0.3 is 4.90 Å². The van der Waals surface area contributed by atoms with Crippen molar-refractivity contribution in [2.24, 2.45) is 28.6 Å². The number of carbonyl (C=O) groups is 5. The largest absolute Gasteiger partial charge is 0.303 e. The highest BCUT2D eigenvalue weighted by atomic mass is 19.1. The van der Waals surface area contributed by atoms with E-state index in [0.29, 0.717) is 37.8 Å². The van der Waals surface area contributed by atoms with Crippen LogP contribution in [0.3, 0.4) is 0 Å². The zero-order valence-electron chi connectivity index (χ0n) is 25.3. The first kappa shape index (κ1) is 30.3. The molecule has 0 bridgehead atoms. The van der Waals surface area contributed by atoms with Crippen LogP contribution >= 0.6 is 0 Å². The number of halogens is 1. The Kier molecular flexibility index (Phi) is 8.69. The number of likely N-dealkylation sites (tertiary alicyclic amines) is 2. The number of piperidine rings is 2. The molecule has 8 heteroatoms. The van der Waals surface area contributed by atoms with Crippen molar-refractivity contribution in [2.75, 3.05) is 26.2 Å². The number of amides is 2. The van der Waals surface area contributed by atoms with E-state index in [4.69, 9.17) is 0 Å². The van der Waals surface area contributed by atoms with Crippen molar-refractivity contribution in [1.29, 1.82) is 0 Å². The number of unbranched alkanes of at least 4 members (excludes halogenated alkanes) is 1. The lowest BCUT2D eigenvalue weighted by atomic mass is 9.56. The van der Waals surface area contributed by atoms with Gasteiger partial charge in [0, 0.05) is 43.7 Å². The molecule has 2 atom stereocenters. The summed E-state index contributed by atoms with van der Waals surface area (Å²) in [7, 11) is 0. The molecule has 5 aliphatic rings. The van der Waals surface area contributed by atoms with Gasteiger partial charge in [-0.05, 0) is 118 Å². The van der Waals surface area contributed by atoms with Crippen molar-refractivity contribution in [3.8, 4) is 0 Å². The molecule has 6 rings (SSSR count). The molecule has 0 aromatic heterocycles. The van der Waals surface area contributed by atoms with Crippen LogP contribution in [0.5, 0.6) is 0 Å². The summed E-state index contributed by atoms with van der Waals surface area (Å²) in [6.07, 6.45) is 10.9. The van der Waals surface area contributed by atoms with E-state index >= 15 is 0 Å². The van der Waals surface area contributed by atoms with Crippen LogP contribution in [0.15, 0.2) is 24.3 Å². The molecule has 0 N–H and O–H groups in total. The lowest BCUT2D eigenvalue weighted by Crippen LogP contribution is -2.52. The lowest BCUT2D eigenvalue weighted by molar-refractivity contribution is -0.157. The van der Waals surface area contributed by atoms with Gasteiger partial charge >= 0.3 is 0 Å². The monoisotopic (exact) mass is 592 g/mol. The van der Waals surface area contributed by atoms with Gasteiger partial charge in [-0.1, -0.05) is 12.8 Å². The molecule has 5 fully saturated rings. The fourth-order valence-electron chi connectivity index (χ4n) is 9.78. The molecule has 1 aromatic carbocycles. The summed E-state index contributed by atoms with van der Waals surface area (Å²) in [5, 5.41) is 0. The summed E-state index contributed by atoms with van der Waals surface area (Å²) in [6, 6.07) is 5.80. The second kappa shape index (κ2) is 12.3. The number of hydrogen-bond donors (Lipinski definition) is 0. The van der Waals surface area contributed by atoms with E-state index in [-0.39, 0.29) is 70.0 Å². The van der Waals surface area contributed by atoms with E-state index in [9.17, 15) is 28.4 Å². The Morgan fingerprint density at radius 1 is 0.744 bits per heavy atom. The molecular formula is C35H45FN2O5. The second-order valence-electron chi connectivity index (χ2n) is 14.3. The van der Waals surface area contributed by atoms with E-state index < -0.39 is 0 Å². The standard InChI is InChI=1S/C35H45FN2O5/c36-26-9-7-24(8-10-26)33(43)25-11-17-37(18-12-25)15-1-2-16-38-31(41)22-35(23-32(38)42)14-4-6-30(35)29-5-3-13-34(29)20-27(39)19-28(40)21-34/h7-10,25,29-30H,1-6,11-23H2. The average Bonchev–Trinajstić information content (AvgIpc) is 3.54. The van der Waals surface area contributed by atoms with E-state index in [1.165, 1.54) is 17.0 Å². The topological polar surface area (TPSA) is 91.8 Å². The predicted molar refractivity (Wildman–Crippen MR) is 158 cm³/mol. The smallest absolute Gasteiger partial charge is 0.229 e. The van der Waals surface area contributed by atoms with Crippen LogP contribution in [0, 0.1) is 34.4 Å². The maximum atomic E-state index is 13.5. The van der Waals surface area contributed by atoms with Gasteiger partial charge in [0.05, 0.1) is 6.42 Å². The molecule has 43 heavy (non-hydrogen) atoms. The number of rotatable bonds is 8. The lowest BCUT2D eigenvalue weighted by Gasteiger charge is -2.48. The number of benzene rings is 1. The summed E-state index contributed by atoms with van der Waals surface area (Å²) in [5.41, 5.74) is 0.00933. The summed E-state index contributed by atoms with van der Waals surface area (Å²) in [6.45, 7) is 3.00. The van der Waals surface area contributed by atoms with E-state index in [0.717, 1.165) is 83.8 Å². The minimum absolute atomic E-state index is 0.0322. The van der Waals surface area contributed by atoms with E-state index in [1.807, 2.05) is 0 Å². The van der Waals surface area contributed by atoms with Gasteiger partial charge in [0.2, 0.25) is 11.8 Å².